The van der Waals surface area contributed by atoms with Crippen molar-refractivity contribution in [2.45, 2.75) is 12.8 Å². The van der Waals surface area contributed by atoms with Gasteiger partial charge >= 0.3 is 5.97 Å². The summed E-state index contributed by atoms with van der Waals surface area (Å²) in [6.45, 7) is 4.73. The predicted octanol–water partition coefficient (Wildman–Crippen LogP) is 2.23. The summed E-state index contributed by atoms with van der Waals surface area (Å²) in [4.78, 5) is 11.3. The van der Waals surface area contributed by atoms with Gasteiger partial charge in [0.05, 0.1) is 12.7 Å². The molecule has 1 heterocycles. The third-order valence-corrected chi connectivity index (χ3v) is 2.83. The zero-order valence-electron chi connectivity index (χ0n) is 9.38. The van der Waals surface area contributed by atoms with Crippen molar-refractivity contribution >= 4 is 17.2 Å². The van der Waals surface area contributed by atoms with Crippen LogP contribution in [0.15, 0.2) is 24.8 Å². The Morgan fingerprint density at radius 3 is 3.06 bits per heavy atom. The van der Waals surface area contributed by atoms with Gasteiger partial charge in [-0.3, -0.25) is 0 Å². The summed E-state index contributed by atoms with van der Waals surface area (Å²) >= 11 is 0. The fourth-order valence-corrected chi connectivity index (χ4v) is 1.89. The molecule has 0 saturated heterocycles. The molecule has 84 valence electrons. The first-order valence-corrected chi connectivity index (χ1v) is 5.37. The molecule has 3 heteroatoms. The van der Waals surface area contributed by atoms with Gasteiger partial charge < -0.3 is 10.1 Å². The highest BCUT2D eigenvalue weighted by Gasteiger charge is 2.13. The first-order valence-electron chi connectivity index (χ1n) is 5.37. The lowest BCUT2D eigenvalue weighted by Crippen LogP contribution is -2.12. The fourth-order valence-electron chi connectivity index (χ4n) is 1.89. The van der Waals surface area contributed by atoms with E-state index in [-0.39, 0.29) is 5.97 Å². The molecule has 16 heavy (non-hydrogen) atoms. The van der Waals surface area contributed by atoms with Crippen LogP contribution in [-0.2, 0) is 16.0 Å². The van der Waals surface area contributed by atoms with Crippen LogP contribution >= 0.6 is 0 Å². The molecule has 0 aromatic heterocycles. The van der Waals surface area contributed by atoms with Crippen LogP contribution in [0.3, 0.4) is 0 Å². The molecule has 0 unspecified atom stereocenters. The van der Waals surface area contributed by atoms with Gasteiger partial charge in [0.15, 0.2) is 0 Å². The van der Waals surface area contributed by atoms with Crippen LogP contribution in [0.25, 0.3) is 5.57 Å². The quantitative estimate of drug-likeness (QED) is 0.610. The molecule has 0 radical (unpaired) electrons. The summed E-state index contributed by atoms with van der Waals surface area (Å²) < 4.78 is 4.65. The van der Waals surface area contributed by atoms with Gasteiger partial charge in [-0.1, -0.05) is 18.7 Å². The van der Waals surface area contributed by atoms with Crippen LogP contribution in [0.2, 0.25) is 0 Å². The van der Waals surface area contributed by atoms with Crippen molar-refractivity contribution in [3.8, 4) is 0 Å². The molecular weight excluding hydrogens is 202 g/mol. The molecule has 1 aliphatic heterocycles. The Hall–Kier alpha value is -1.77. The third-order valence-electron chi connectivity index (χ3n) is 2.83. The topological polar surface area (TPSA) is 38.3 Å². The van der Waals surface area contributed by atoms with E-state index in [2.05, 4.69) is 16.6 Å². The van der Waals surface area contributed by atoms with Crippen LogP contribution < -0.4 is 5.32 Å². The van der Waals surface area contributed by atoms with Gasteiger partial charge in [-0.05, 0) is 30.0 Å². The van der Waals surface area contributed by atoms with E-state index >= 15 is 0 Å². The van der Waals surface area contributed by atoms with Crippen molar-refractivity contribution in [3.05, 3.63) is 35.9 Å². The SMILES string of the molecule is C=C(C(=O)OC)c1ccc2c(c1)NCCC2. The number of rotatable bonds is 2. The Bertz CT molecular complexity index is 438. The first kappa shape index (κ1) is 10.7. The van der Waals surface area contributed by atoms with Crippen LogP contribution in [0, 0.1) is 0 Å². The summed E-state index contributed by atoms with van der Waals surface area (Å²) in [5.41, 5.74) is 3.62. The monoisotopic (exact) mass is 217 g/mol. The molecule has 0 atom stereocenters. The molecule has 0 amide bonds. The molecule has 1 N–H and O–H groups in total. The highest BCUT2D eigenvalue weighted by Crippen LogP contribution is 2.26. The fraction of sp³-hybridized carbons (Fsp3) is 0.308. The van der Waals surface area contributed by atoms with Crippen LogP contribution in [0.4, 0.5) is 5.69 Å². The van der Waals surface area contributed by atoms with Crippen molar-refractivity contribution < 1.29 is 9.53 Å². The van der Waals surface area contributed by atoms with E-state index in [0.717, 1.165) is 30.6 Å². The maximum absolute atomic E-state index is 11.3. The number of methoxy groups -OCH3 is 1. The summed E-state index contributed by atoms with van der Waals surface area (Å²) in [6.07, 6.45) is 2.25. The van der Waals surface area contributed by atoms with E-state index in [4.69, 9.17) is 0 Å². The van der Waals surface area contributed by atoms with E-state index < -0.39 is 0 Å². The lowest BCUT2D eigenvalue weighted by atomic mass is 9.98. The molecule has 1 aliphatic rings. The maximum Gasteiger partial charge on any atom is 0.337 e. The minimum atomic E-state index is -0.379. The van der Waals surface area contributed by atoms with Crippen molar-refractivity contribution in [3.63, 3.8) is 0 Å². The summed E-state index contributed by atoms with van der Waals surface area (Å²) in [5.74, 6) is -0.379. The summed E-state index contributed by atoms with van der Waals surface area (Å²) in [7, 11) is 1.37. The maximum atomic E-state index is 11.3. The van der Waals surface area contributed by atoms with Crippen molar-refractivity contribution in [1.82, 2.24) is 0 Å². The van der Waals surface area contributed by atoms with Gasteiger partial charge in [-0.15, -0.1) is 0 Å². The standard InChI is InChI=1S/C13H15NO2/c1-9(13(15)16-2)11-6-5-10-4-3-7-14-12(10)8-11/h5-6,8,14H,1,3-4,7H2,2H3. The molecule has 0 fully saturated rings. The lowest BCUT2D eigenvalue weighted by Gasteiger charge is -2.18. The Kier molecular flexibility index (Phi) is 2.95. The third kappa shape index (κ3) is 1.94. The van der Waals surface area contributed by atoms with E-state index in [1.807, 2.05) is 18.2 Å². The van der Waals surface area contributed by atoms with Crippen molar-refractivity contribution in [2.75, 3.05) is 19.0 Å². The lowest BCUT2D eigenvalue weighted by molar-refractivity contribution is -0.133. The molecule has 2 rings (SSSR count). The average Bonchev–Trinajstić information content (AvgIpc) is 2.36. The molecule has 1 aromatic carbocycles. The number of anilines is 1. The highest BCUT2D eigenvalue weighted by molar-refractivity contribution is 6.15. The van der Waals surface area contributed by atoms with Gasteiger partial charge in [-0.25, -0.2) is 4.79 Å². The average molecular weight is 217 g/mol. The van der Waals surface area contributed by atoms with Crippen molar-refractivity contribution in [2.24, 2.45) is 0 Å². The van der Waals surface area contributed by atoms with Crippen molar-refractivity contribution in [1.29, 1.82) is 0 Å². The summed E-state index contributed by atoms with van der Waals surface area (Å²) in [5, 5.41) is 3.32. The zero-order valence-corrected chi connectivity index (χ0v) is 9.38. The number of aryl methyl sites for hydroxylation is 1. The minimum Gasteiger partial charge on any atom is -0.465 e. The zero-order chi connectivity index (χ0) is 11.5. The van der Waals surface area contributed by atoms with E-state index in [0.29, 0.717) is 5.57 Å². The smallest absolute Gasteiger partial charge is 0.337 e. The molecule has 3 nitrogen and oxygen atoms in total. The predicted molar refractivity (Wildman–Crippen MR) is 64.3 cm³/mol. The number of hydrogen-bond acceptors (Lipinski definition) is 3. The number of benzene rings is 1. The van der Waals surface area contributed by atoms with Gasteiger partial charge in [0.1, 0.15) is 0 Å². The van der Waals surface area contributed by atoms with Gasteiger partial charge in [-0.2, -0.15) is 0 Å². The Balaban J connectivity index is 2.30. The number of esters is 1. The largest absolute Gasteiger partial charge is 0.465 e. The molecule has 0 saturated carbocycles. The Morgan fingerprint density at radius 1 is 1.50 bits per heavy atom. The number of carbonyl (C=O) groups excluding carboxylic acids is 1. The second-order valence-electron chi connectivity index (χ2n) is 3.87. The van der Waals surface area contributed by atoms with Gasteiger partial charge in [0, 0.05) is 12.2 Å². The van der Waals surface area contributed by atoms with E-state index in [9.17, 15) is 4.79 Å². The Labute approximate surface area is 95.1 Å². The Morgan fingerprint density at radius 2 is 2.31 bits per heavy atom. The number of carbonyl (C=O) groups is 1. The molecule has 0 spiro atoms. The van der Waals surface area contributed by atoms with E-state index in [1.165, 1.54) is 12.7 Å². The number of hydrogen-bond donors (Lipinski definition) is 1. The summed E-state index contributed by atoms with van der Waals surface area (Å²) in [6, 6.07) is 5.93. The van der Waals surface area contributed by atoms with Gasteiger partial charge in [0.2, 0.25) is 0 Å². The minimum absolute atomic E-state index is 0.379. The molecule has 1 aromatic rings. The molecule has 0 bridgehead atoms. The van der Waals surface area contributed by atoms with Crippen LogP contribution in [0.1, 0.15) is 17.5 Å². The van der Waals surface area contributed by atoms with Gasteiger partial charge in [0.25, 0.3) is 0 Å². The second-order valence-corrected chi connectivity index (χ2v) is 3.87. The first-order chi connectivity index (χ1) is 7.72. The number of ether oxygens (including phenoxy) is 1. The normalized spacial score (nSPS) is 13.6. The number of fused-ring (bicyclic) bond motifs is 1. The van der Waals surface area contributed by atoms with E-state index in [1.54, 1.807) is 0 Å². The van der Waals surface area contributed by atoms with Crippen LogP contribution in [0.5, 0.6) is 0 Å². The number of nitrogens with one attached hydrogen (secondary N) is 1. The second kappa shape index (κ2) is 4.39. The molecular formula is C13H15NO2. The molecule has 0 aliphatic carbocycles. The van der Waals surface area contributed by atoms with Crippen LogP contribution in [-0.4, -0.2) is 19.6 Å². The highest BCUT2D eigenvalue weighted by atomic mass is 16.5.